The highest BCUT2D eigenvalue weighted by Crippen LogP contribution is 2.36. The molecular formula is C51H48N12O3. The molecule has 0 saturated heterocycles. The largest absolute Gasteiger partial charge is 0.351 e. The first-order chi connectivity index (χ1) is 32.2. The predicted octanol–water partition coefficient (Wildman–Crippen LogP) is 9.50. The molecule has 0 fully saturated rings. The number of nitrogens with one attached hydrogen (secondary N) is 3. The molecule has 15 nitrogen and oxygen atoms in total. The molecule has 3 aromatic carbocycles. The third-order valence-electron chi connectivity index (χ3n) is 12.4. The molecule has 0 spiro atoms. The second-order valence-electron chi connectivity index (χ2n) is 16.6. The van der Waals surface area contributed by atoms with Gasteiger partial charge in [-0.3, -0.25) is 29.7 Å². The Kier molecular flexibility index (Phi) is 11.1. The van der Waals surface area contributed by atoms with E-state index in [2.05, 4.69) is 99.2 Å². The van der Waals surface area contributed by atoms with Gasteiger partial charge < -0.3 is 29.7 Å². The van der Waals surface area contributed by atoms with Gasteiger partial charge in [-0.15, -0.1) is 0 Å². The second kappa shape index (κ2) is 17.6. The molecule has 6 amide bonds. The van der Waals surface area contributed by atoms with Crippen molar-refractivity contribution in [1.29, 1.82) is 0 Å². The molecule has 3 aliphatic heterocycles. The average molecular weight is 877 g/mol. The second-order valence-corrected chi connectivity index (χ2v) is 16.6. The van der Waals surface area contributed by atoms with E-state index in [9.17, 15) is 14.4 Å². The van der Waals surface area contributed by atoms with Gasteiger partial charge in [-0.2, -0.15) is 0 Å². The summed E-state index contributed by atoms with van der Waals surface area (Å²) in [5, 5.41) is 12.2. The molecule has 66 heavy (non-hydrogen) atoms. The van der Waals surface area contributed by atoms with E-state index in [1.165, 1.54) is 33.2 Å². The molecule has 0 unspecified atom stereocenters. The zero-order valence-electron chi connectivity index (χ0n) is 36.8. The molecule has 0 atom stereocenters. The van der Waals surface area contributed by atoms with E-state index in [-0.39, 0.29) is 18.1 Å². The van der Waals surface area contributed by atoms with Crippen LogP contribution in [0.2, 0.25) is 0 Å². The summed E-state index contributed by atoms with van der Waals surface area (Å²) in [6.45, 7) is 2.12. The van der Waals surface area contributed by atoms with Gasteiger partial charge in [0.2, 0.25) is 0 Å². The number of amides is 6. The number of urea groups is 3. The van der Waals surface area contributed by atoms with Crippen LogP contribution in [0.15, 0.2) is 147 Å². The number of benzene rings is 3. The number of nitrogens with zero attached hydrogens (tertiary/aromatic N) is 9. The van der Waals surface area contributed by atoms with Crippen molar-refractivity contribution in [2.24, 2.45) is 21.1 Å². The highest BCUT2D eigenvalue weighted by Gasteiger charge is 2.28. The lowest BCUT2D eigenvalue weighted by Gasteiger charge is -2.18. The van der Waals surface area contributed by atoms with E-state index in [4.69, 9.17) is 0 Å². The molecule has 9 heterocycles. The summed E-state index contributed by atoms with van der Waals surface area (Å²) in [6, 6.07) is 29.7. The first-order valence-electron chi connectivity index (χ1n) is 21.9. The highest BCUT2D eigenvalue weighted by atomic mass is 16.2. The fourth-order valence-corrected chi connectivity index (χ4v) is 8.97. The number of hydrogen-bond acceptors (Lipinski definition) is 6. The van der Waals surface area contributed by atoms with Crippen molar-refractivity contribution >= 4 is 84.9 Å². The van der Waals surface area contributed by atoms with E-state index in [1.54, 1.807) is 70.1 Å². The summed E-state index contributed by atoms with van der Waals surface area (Å²) >= 11 is 0. The van der Waals surface area contributed by atoms with Gasteiger partial charge in [0.05, 0.1) is 35.7 Å². The standard InChI is InChI=1S/3C17H16N4O/c3*1-20-7-4-12-10-16-13(9-15(12)20)5-8-21(16)17(22)19-14-3-2-6-18-11-14/h3*2-4,6-7,9-11H,5,8H2,1H3,(H,19,22). The van der Waals surface area contributed by atoms with Crippen LogP contribution < -0.4 is 30.7 Å². The lowest BCUT2D eigenvalue weighted by Crippen LogP contribution is -2.33. The number of aryl methyl sites for hydroxylation is 3. The number of aromatic nitrogens is 6. The minimum absolute atomic E-state index is 0.109. The van der Waals surface area contributed by atoms with E-state index >= 15 is 0 Å². The van der Waals surface area contributed by atoms with Gasteiger partial charge in [0, 0.05) is 128 Å². The molecule has 3 aliphatic rings. The van der Waals surface area contributed by atoms with Gasteiger partial charge in [0.15, 0.2) is 0 Å². The minimum atomic E-state index is -0.109. The molecule has 9 aromatic rings. The Bertz CT molecular complexity index is 2910. The Balaban J connectivity index is 0.000000116. The lowest BCUT2D eigenvalue weighted by molar-refractivity contribution is 0.256. The summed E-state index contributed by atoms with van der Waals surface area (Å²) in [5.41, 5.74) is 12.4. The van der Waals surface area contributed by atoms with Crippen LogP contribution in [0.5, 0.6) is 0 Å². The number of hydrogen-bond donors (Lipinski definition) is 3. The number of anilines is 6. The van der Waals surface area contributed by atoms with Crippen LogP contribution in [0, 0.1) is 0 Å². The van der Waals surface area contributed by atoms with E-state index in [1.807, 2.05) is 57.9 Å². The van der Waals surface area contributed by atoms with Crippen molar-refractivity contribution in [2.45, 2.75) is 19.3 Å². The van der Waals surface area contributed by atoms with Crippen LogP contribution in [0.1, 0.15) is 16.7 Å². The van der Waals surface area contributed by atoms with Gasteiger partial charge in [-0.05, 0) is 127 Å². The topological polar surface area (TPSA) is 150 Å². The number of carbonyl (C=O) groups excluding carboxylic acids is 3. The smallest absolute Gasteiger partial charge is 0.326 e. The maximum absolute atomic E-state index is 12.5. The molecule has 0 aliphatic carbocycles. The first kappa shape index (κ1) is 41.5. The van der Waals surface area contributed by atoms with Gasteiger partial charge in [-0.25, -0.2) is 14.4 Å². The fourth-order valence-electron chi connectivity index (χ4n) is 8.97. The molecule has 0 saturated carbocycles. The van der Waals surface area contributed by atoms with E-state index < -0.39 is 0 Å². The zero-order valence-corrected chi connectivity index (χ0v) is 36.8. The summed E-state index contributed by atoms with van der Waals surface area (Å²) in [5.74, 6) is 0. The Morgan fingerprint density at radius 1 is 0.439 bits per heavy atom. The molecule has 6 aromatic heterocycles. The third kappa shape index (κ3) is 8.25. The van der Waals surface area contributed by atoms with Gasteiger partial charge in [0.25, 0.3) is 0 Å². The van der Waals surface area contributed by atoms with Crippen molar-refractivity contribution in [3.63, 3.8) is 0 Å². The zero-order chi connectivity index (χ0) is 45.3. The number of carbonyl (C=O) groups is 3. The minimum Gasteiger partial charge on any atom is -0.351 e. The van der Waals surface area contributed by atoms with Crippen molar-refractivity contribution < 1.29 is 14.4 Å². The Hall–Kier alpha value is -8.46. The summed E-state index contributed by atoms with van der Waals surface area (Å²) in [6.07, 6.45) is 18.8. The quantitative estimate of drug-likeness (QED) is 0.161. The Morgan fingerprint density at radius 2 is 0.742 bits per heavy atom. The van der Waals surface area contributed by atoms with Crippen LogP contribution in [-0.4, -0.2) is 66.4 Å². The van der Waals surface area contributed by atoms with Crippen molar-refractivity contribution in [1.82, 2.24) is 28.7 Å². The van der Waals surface area contributed by atoms with Crippen LogP contribution in [0.25, 0.3) is 32.7 Å². The maximum atomic E-state index is 12.5. The van der Waals surface area contributed by atoms with Crippen LogP contribution in [0.3, 0.4) is 0 Å². The highest BCUT2D eigenvalue weighted by molar-refractivity contribution is 6.06. The predicted molar refractivity (Wildman–Crippen MR) is 262 cm³/mol. The molecule has 0 bridgehead atoms. The maximum Gasteiger partial charge on any atom is 0.326 e. The molecule has 330 valence electrons. The monoisotopic (exact) mass is 876 g/mol. The summed E-state index contributed by atoms with van der Waals surface area (Å²) in [4.78, 5) is 55.0. The molecule has 0 radical (unpaired) electrons. The molecule has 12 rings (SSSR count). The number of pyridine rings is 3. The normalized spacial score (nSPS) is 13.4. The van der Waals surface area contributed by atoms with Gasteiger partial charge in [0.1, 0.15) is 0 Å². The van der Waals surface area contributed by atoms with E-state index in [0.717, 1.165) is 52.5 Å². The lowest BCUT2D eigenvalue weighted by atomic mass is 10.1. The van der Waals surface area contributed by atoms with Gasteiger partial charge in [-0.1, -0.05) is 0 Å². The van der Waals surface area contributed by atoms with E-state index in [0.29, 0.717) is 36.7 Å². The van der Waals surface area contributed by atoms with Crippen LogP contribution in [0.4, 0.5) is 48.5 Å². The Morgan fingerprint density at radius 3 is 1.02 bits per heavy atom. The van der Waals surface area contributed by atoms with Crippen LogP contribution >= 0.6 is 0 Å². The molecule has 15 heteroatoms. The van der Waals surface area contributed by atoms with Crippen molar-refractivity contribution in [3.05, 3.63) is 163 Å². The Labute approximate surface area is 380 Å². The summed E-state index contributed by atoms with van der Waals surface area (Å²) < 4.78 is 6.32. The third-order valence-corrected chi connectivity index (χ3v) is 12.4. The molecule has 3 N–H and O–H groups in total. The SMILES string of the molecule is Cn1ccc2cc3c(cc21)CCN3C(=O)Nc1cccnc1.Cn1ccc2cc3c(cc21)CCN3C(=O)Nc1cccnc1.Cn1ccc2cc3c(cc21)CCN3C(=O)Nc1cccnc1. The number of rotatable bonds is 3. The fraction of sp³-hybridized carbons (Fsp3) is 0.176. The molecular weight excluding hydrogens is 829 g/mol. The first-order valence-corrected chi connectivity index (χ1v) is 21.9. The van der Waals surface area contributed by atoms with Crippen molar-refractivity contribution in [2.75, 3.05) is 50.3 Å². The summed E-state index contributed by atoms with van der Waals surface area (Å²) in [7, 11) is 6.11. The van der Waals surface area contributed by atoms with Crippen LogP contribution in [-0.2, 0) is 40.4 Å². The van der Waals surface area contributed by atoms with Gasteiger partial charge >= 0.3 is 18.1 Å². The number of fused-ring (bicyclic) bond motifs is 6. The average Bonchev–Trinajstić information content (AvgIpc) is 4.21. The van der Waals surface area contributed by atoms with Crippen molar-refractivity contribution in [3.8, 4) is 0 Å².